The Hall–Kier alpha value is -0.350. The Labute approximate surface area is 113 Å². The van der Waals surface area contributed by atoms with Crippen LogP contribution in [0.5, 0.6) is 0 Å². The molecule has 0 heterocycles. The Morgan fingerprint density at radius 1 is 1.22 bits per heavy atom. The van der Waals surface area contributed by atoms with Gasteiger partial charge in [-0.15, -0.1) is 6.58 Å². The molecule has 0 saturated heterocycles. The van der Waals surface area contributed by atoms with E-state index in [2.05, 4.69) is 25.7 Å². The molecule has 0 aliphatic rings. The molecular weight excluding hydrogens is 246 g/mol. The molecule has 1 atom stereocenters. The van der Waals surface area contributed by atoms with Crippen molar-refractivity contribution in [2.24, 2.45) is 5.41 Å². The molecule has 0 bridgehead atoms. The van der Waals surface area contributed by atoms with Crippen molar-refractivity contribution >= 4 is 9.84 Å². The molecule has 0 aromatic heterocycles. The first-order valence-electron chi connectivity index (χ1n) is 6.53. The van der Waals surface area contributed by atoms with Crippen molar-refractivity contribution in [2.75, 3.05) is 12.3 Å². The predicted molar refractivity (Wildman–Crippen MR) is 79.6 cm³/mol. The normalized spacial score (nSPS) is 16.6. The molecule has 1 unspecified atom stereocenters. The highest BCUT2D eigenvalue weighted by atomic mass is 32.2. The quantitative estimate of drug-likeness (QED) is 0.727. The van der Waals surface area contributed by atoms with Crippen molar-refractivity contribution < 1.29 is 8.42 Å². The molecule has 3 nitrogen and oxygen atoms in total. The summed E-state index contributed by atoms with van der Waals surface area (Å²) in [6.45, 7) is 16.1. The van der Waals surface area contributed by atoms with Gasteiger partial charge in [-0.05, 0) is 32.6 Å². The van der Waals surface area contributed by atoms with Crippen LogP contribution in [0.15, 0.2) is 12.7 Å². The van der Waals surface area contributed by atoms with Crippen molar-refractivity contribution in [3.05, 3.63) is 12.7 Å². The third kappa shape index (κ3) is 5.53. The summed E-state index contributed by atoms with van der Waals surface area (Å²) in [6, 6.07) is 0.392. The second-order valence-electron chi connectivity index (χ2n) is 6.58. The molecule has 0 aliphatic heterocycles. The average Bonchev–Trinajstić information content (AvgIpc) is 2.22. The zero-order valence-corrected chi connectivity index (χ0v) is 13.5. The minimum absolute atomic E-state index is 0.178. The zero-order valence-electron chi connectivity index (χ0n) is 12.7. The second kappa shape index (κ2) is 6.20. The first-order valence-corrected chi connectivity index (χ1v) is 8.18. The summed E-state index contributed by atoms with van der Waals surface area (Å²) >= 11 is 0. The lowest BCUT2D eigenvalue weighted by Gasteiger charge is -2.29. The lowest BCUT2D eigenvalue weighted by atomic mass is 9.87. The third-order valence-corrected chi connectivity index (χ3v) is 5.89. The maximum absolute atomic E-state index is 12.1. The van der Waals surface area contributed by atoms with Gasteiger partial charge in [-0.1, -0.05) is 26.8 Å². The van der Waals surface area contributed by atoms with Gasteiger partial charge in [0.15, 0.2) is 9.84 Å². The van der Waals surface area contributed by atoms with Gasteiger partial charge in [0.1, 0.15) is 0 Å². The summed E-state index contributed by atoms with van der Waals surface area (Å²) in [5, 5.41) is 3.35. The van der Waals surface area contributed by atoms with Gasteiger partial charge in [0.2, 0.25) is 0 Å². The van der Waals surface area contributed by atoms with Gasteiger partial charge < -0.3 is 5.32 Å². The number of hydrogen-bond acceptors (Lipinski definition) is 3. The Kier molecular flexibility index (Phi) is 6.08. The molecule has 1 N–H and O–H groups in total. The SMILES string of the molecule is C=CC(C)(CCS(=O)(=O)C(C)(C)C)CNC(C)C. The van der Waals surface area contributed by atoms with Crippen LogP contribution >= 0.6 is 0 Å². The maximum atomic E-state index is 12.1. The van der Waals surface area contributed by atoms with Crippen LogP contribution in [0.3, 0.4) is 0 Å². The van der Waals surface area contributed by atoms with E-state index < -0.39 is 14.6 Å². The highest BCUT2D eigenvalue weighted by molar-refractivity contribution is 7.92. The van der Waals surface area contributed by atoms with E-state index >= 15 is 0 Å². The van der Waals surface area contributed by atoms with Crippen molar-refractivity contribution in [2.45, 2.75) is 58.8 Å². The Balaban J connectivity index is 4.62. The van der Waals surface area contributed by atoms with Crippen molar-refractivity contribution in [3.63, 3.8) is 0 Å². The largest absolute Gasteiger partial charge is 0.314 e. The third-order valence-electron chi connectivity index (χ3n) is 3.28. The van der Waals surface area contributed by atoms with E-state index in [9.17, 15) is 8.42 Å². The lowest BCUT2D eigenvalue weighted by Crippen LogP contribution is -2.38. The van der Waals surface area contributed by atoms with E-state index in [1.54, 1.807) is 20.8 Å². The zero-order chi connectivity index (χ0) is 14.6. The van der Waals surface area contributed by atoms with Crippen LogP contribution in [0.2, 0.25) is 0 Å². The molecule has 0 radical (unpaired) electrons. The minimum Gasteiger partial charge on any atom is -0.314 e. The van der Waals surface area contributed by atoms with Crippen LogP contribution in [0.1, 0.15) is 48.0 Å². The molecule has 0 aliphatic carbocycles. The van der Waals surface area contributed by atoms with Crippen LogP contribution in [0.4, 0.5) is 0 Å². The van der Waals surface area contributed by atoms with E-state index in [-0.39, 0.29) is 11.2 Å². The summed E-state index contributed by atoms with van der Waals surface area (Å²) in [7, 11) is -3.06. The number of rotatable bonds is 7. The summed E-state index contributed by atoms with van der Waals surface area (Å²) < 4.78 is 23.5. The van der Waals surface area contributed by atoms with Gasteiger partial charge in [0, 0.05) is 12.6 Å². The Bertz CT molecular complexity index is 366. The van der Waals surface area contributed by atoms with E-state index in [1.165, 1.54) is 0 Å². The van der Waals surface area contributed by atoms with Crippen molar-refractivity contribution in [3.8, 4) is 0 Å². The summed E-state index contributed by atoms with van der Waals surface area (Å²) in [5.74, 6) is 0.207. The average molecular weight is 275 g/mol. The van der Waals surface area contributed by atoms with Gasteiger partial charge in [-0.2, -0.15) is 0 Å². The van der Waals surface area contributed by atoms with Crippen LogP contribution in [-0.2, 0) is 9.84 Å². The summed E-state index contributed by atoms with van der Waals surface area (Å²) in [5.41, 5.74) is -0.178. The van der Waals surface area contributed by atoms with Crippen LogP contribution < -0.4 is 5.32 Å². The molecule has 0 saturated carbocycles. The fraction of sp³-hybridized carbons (Fsp3) is 0.857. The molecule has 18 heavy (non-hydrogen) atoms. The minimum atomic E-state index is -3.06. The predicted octanol–water partition coefficient (Wildman–Crippen LogP) is 2.78. The highest BCUT2D eigenvalue weighted by Gasteiger charge is 2.31. The lowest BCUT2D eigenvalue weighted by molar-refractivity contribution is 0.363. The van der Waals surface area contributed by atoms with Crippen LogP contribution in [-0.4, -0.2) is 31.5 Å². The topological polar surface area (TPSA) is 46.2 Å². The van der Waals surface area contributed by atoms with Crippen LogP contribution in [0, 0.1) is 5.41 Å². The van der Waals surface area contributed by atoms with Gasteiger partial charge in [-0.25, -0.2) is 8.42 Å². The fourth-order valence-electron chi connectivity index (χ4n) is 1.37. The molecule has 0 aromatic rings. The monoisotopic (exact) mass is 275 g/mol. The molecular formula is C14H29NO2S. The van der Waals surface area contributed by atoms with E-state index in [0.29, 0.717) is 12.5 Å². The number of hydrogen-bond donors (Lipinski definition) is 1. The molecule has 0 rings (SSSR count). The second-order valence-corrected chi connectivity index (χ2v) is 9.44. The van der Waals surface area contributed by atoms with Gasteiger partial charge >= 0.3 is 0 Å². The smallest absolute Gasteiger partial charge is 0.155 e. The van der Waals surface area contributed by atoms with Crippen molar-refractivity contribution in [1.29, 1.82) is 0 Å². The van der Waals surface area contributed by atoms with Crippen molar-refractivity contribution in [1.82, 2.24) is 5.32 Å². The van der Waals surface area contributed by atoms with Gasteiger partial charge in [0.25, 0.3) is 0 Å². The molecule has 0 fully saturated rings. The number of sulfone groups is 1. The molecule has 0 amide bonds. The summed E-state index contributed by atoms with van der Waals surface area (Å²) in [6.07, 6.45) is 2.47. The fourth-order valence-corrected chi connectivity index (χ4v) is 2.72. The van der Waals surface area contributed by atoms with E-state index in [4.69, 9.17) is 0 Å². The number of nitrogens with one attached hydrogen (secondary N) is 1. The Morgan fingerprint density at radius 2 is 1.72 bits per heavy atom. The standard InChI is InChI=1S/C14H29NO2S/c1-8-14(7,11-15-12(2)3)9-10-18(16,17)13(4,5)6/h8,12,15H,1,9-11H2,2-7H3. The molecule has 4 heteroatoms. The first kappa shape index (κ1) is 17.6. The molecule has 0 aromatic carbocycles. The molecule has 0 spiro atoms. The summed E-state index contributed by atoms with van der Waals surface area (Å²) in [4.78, 5) is 0. The highest BCUT2D eigenvalue weighted by Crippen LogP contribution is 2.26. The molecule has 108 valence electrons. The first-order chi connectivity index (χ1) is 7.93. The van der Waals surface area contributed by atoms with E-state index in [1.807, 2.05) is 13.0 Å². The van der Waals surface area contributed by atoms with Gasteiger partial charge in [-0.3, -0.25) is 0 Å². The Morgan fingerprint density at radius 3 is 2.06 bits per heavy atom. The maximum Gasteiger partial charge on any atom is 0.155 e. The van der Waals surface area contributed by atoms with Gasteiger partial charge in [0.05, 0.1) is 10.5 Å². The van der Waals surface area contributed by atoms with Crippen LogP contribution in [0.25, 0.3) is 0 Å². The van der Waals surface area contributed by atoms with E-state index in [0.717, 1.165) is 6.54 Å².